The van der Waals surface area contributed by atoms with Crippen LogP contribution in [0, 0.1) is 0 Å². The molecule has 2 N–H and O–H groups in total. The van der Waals surface area contributed by atoms with Gasteiger partial charge in [-0.15, -0.1) is 10.2 Å². The Kier molecular flexibility index (Phi) is 6.73. The Hall–Kier alpha value is -2.95. The predicted octanol–water partition coefficient (Wildman–Crippen LogP) is 3.51. The zero-order valence-corrected chi connectivity index (χ0v) is 19.1. The van der Waals surface area contributed by atoms with Gasteiger partial charge in [0.15, 0.2) is 22.5 Å². The summed E-state index contributed by atoms with van der Waals surface area (Å²) < 4.78 is 12.3. The number of halogens is 2. The molecule has 0 saturated heterocycles. The summed E-state index contributed by atoms with van der Waals surface area (Å²) >= 11 is 13.1. The Morgan fingerprint density at radius 3 is 2.72 bits per heavy atom. The van der Waals surface area contributed by atoms with Crippen molar-refractivity contribution in [3.8, 4) is 11.5 Å². The van der Waals surface area contributed by atoms with Gasteiger partial charge in [-0.05, 0) is 36.4 Å². The number of amides is 2. The first kappa shape index (κ1) is 22.3. The second kappa shape index (κ2) is 9.68. The van der Waals surface area contributed by atoms with Gasteiger partial charge in [0.1, 0.15) is 0 Å². The molecule has 0 radical (unpaired) electrons. The number of thioether (sulfide) groups is 1. The molecule has 1 aliphatic rings. The van der Waals surface area contributed by atoms with Crippen molar-refractivity contribution >= 4 is 52.5 Å². The Labute approximate surface area is 197 Å². The lowest BCUT2D eigenvalue weighted by Gasteiger charge is -2.07. The number of ether oxygens (including phenoxy) is 2. The maximum atomic E-state index is 12.4. The van der Waals surface area contributed by atoms with E-state index in [1.165, 1.54) is 11.8 Å². The minimum atomic E-state index is -0.276. The molecule has 32 heavy (non-hydrogen) atoms. The van der Waals surface area contributed by atoms with E-state index in [2.05, 4.69) is 20.8 Å². The van der Waals surface area contributed by atoms with E-state index in [0.717, 1.165) is 0 Å². The van der Waals surface area contributed by atoms with Crippen molar-refractivity contribution in [2.75, 3.05) is 17.9 Å². The number of nitrogens with one attached hydrogen (secondary N) is 2. The molecule has 0 bridgehead atoms. The molecule has 1 aromatic heterocycles. The van der Waals surface area contributed by atoms with Gasteiger partial charge in [0, 0.05) is 18.3 Å². The summed E-state index contributed by atoms with van der Waals surface area (Å²) in [4.78, 5) is 24.6. The van der Waals surface area contributed by atoms with Crippen LogP contribution in [0.2, 0.25) is 10.0 Å². The number of benzene rings is 2. The largest absolute Gasteiger partial charge is 0.454 e. The van der Waals surface area contributed by atoms with Crippen molar-refractivity contribution < 1.29 is 19.1 Å². The topological polar surface area (TPSA) is 107 Å². The van der Waals surface area contributed by atoms with Crippen molar-refractivity contribution in [3.05, 3.63) is 57.8 Å². The van der Waals surface area contributed by atoms with Crippen LogP contribution in [0.1, 0.15) is 16.2 Å². The van der Waals surface area contributed by atoms with Gasteiger partial charge in [-0.3, -0.25) is 9.59 Å². The zero-order chi connectivity index (χ0) is 22.7. The van der Waals surface area contributed by atoms with E-state index in [1.807, 2.05) is 0 Å². The Morgan fingerprint density at radius 2 is 1.91 bits per heavy atom. The Bertz CT molecular complexity index is 1190. The lowest BCUT2D eigenvalue weighted by Crippen LogP contribution is -2.24. The molecular formula is C20H17Cl2N5O4S. The molecule has 0 spiro atoms. The molecule has 0 unspecified atom stereocenters. The summed E-state index contributed by atoms with van der Waals surface area (Å²) in [6.45, 7) is 0.318. The fourth-order valence-corrected chi connectivity index (χ4v) is 3.85. The maximum absolute atomic E-state index is 12.4. The quantitative estimate of drug-likeness (QED) is 0.484. The summed E-state index contributed by atoms with van der Waals surface area (Å²) in [6.07, 6.45) is 0. The van der Waals surface area contributed by atoms with E-state index in [1.54, 1.807) is 48.0 Å². The minimum absolute atomic E-state index is 0.121. The predicted molar refractivity (Wildman–Crippen MR) is 121 cm³/mol. The summed E-state index contributed by atoms with van der Waals surface area (Å²) in [5.41, 5.74) is 1.000. The normalized spacial score (nSPS) is 12.0. The van der Waals surface area contributed by atoms with Crippen LogP contribution < -0.4 is 20.1 Å². The summed E-state index contributed by atoms with van der Waals surface area (Å²) in [5, 5.41) is 15.0. The molecule has 0 saturated carbocycles. The van der Waals surface area contributed by atoms with Crippen LogP contribution in [-0.2, 0) is 18.4 Å². The van der Waals surface area contributed by atoms with Crippen molar-refractivity contribution in [3.63, 3.8) is 0 Å². The average molecular weight is 494 g/mol. The molecule has 166 valence electrons. The van der Waals surface area contributed by atoms with Gasteiger partial charge in [-0.2, -0.15) is 0 Å². The number of hydrogen-bond donors (Lipinski definition) is 2. The van der Waals surface area contributed by atoms with E-state index in [4.69, 9.17) is 32.7 Å². The van der Waals surface area contributed by atoms with Gasteiger partial charge in [0.2, 0.25) is 12.7 Å². The summed E-state index contributed by atoms with van der Waals surface area (Å²) in [7, 11) is 1.77. The number of fused-ring (bicyclic) bond motifs is 1. The number of anilines is 1. The number of carbonyl (C=O) groups excluding carboxylic acids is 2. The Balaban J connectivity index is 1.29. The van der Waals surface area contributed by atoms with Gasteiger partial charge in [0.25, 0.3) is 5.91 Å². The molecule has 9 nitrogen and oxygen atoms in total. The van der Waals surface area contributed by atoms with Crippen LogP contribution in [-0.4, -0.2) is 39.1 Å². The molecule has 4 rings (SSSR count). The van der Waals surface area contributed by atoms with Crippen LogP contribution in [0.15, 0.2) is 41.6 Å². The third-order valence-electron chi connectivity index (χ3n) is 4.50. The van der Waals surface area contributed by atoms with Crippen LogP contribution in [0.25, 0.3) is 0 Å². The smallest absolute Gasteiger partial charge is 0.251 e. The molecule has 0 fully saturated rings. The highest BCUT2D eigenvalue weighted by Gasteiger charge is 2.17. The van der Waals surface area contributed by atoms with Crippen LogP contribution >= 0.6 is 35.0 Å². The highest BCUT2D eigenvalue weighted by Crippen LogP contribution is 2.32. The Morgan fingerprint density at radius 1 is 1.09 bits per heavy atom. The number of rotatable bonds is 7. The number of carbonyl (C=O) groups is 2. The number of nitrogens with zero attached hydrogens (tertiary/aromatic N) is 3. The van der Waals surface area contributed by atoms with Gasteiger partial charge in [-0.25, -0.2) is 0 Å². The van der Waals surface area contributed by atoms with Crippen molar-refractivity contribution in [2.24, 2.45) is 7.05 Å². The third kappa shape index (κ3) is 5.09. The summed E-state index contributed by atoms with van der Waals surface area (Å²) in [5.74, 6) is 1.31. The molecule has 2 aromatic carbocycles. The van der Waals surface area contributed by atoms with Crippen molar-refractivity contribution in [1.82, 2.24) is 20.1 Å². The first-order valence-corrected chi connectivity index (χ1v) is 11.1. The lowest BCUT2D eigenvalue weighted by atomic mass is 10.2. The molecule has 2 heterocycles. The van der Waals surface area contributed by atoms with Crippen LogP contribution in [0.4, 0.5) is 5.69 Å². The molecule has 0 atom stereocenters. The van der Waals surface area contributed by atoms with Crippen LogP contribution in [0.3, 0.4) is 0 Å². The number of hydrogen-bond acceptors (Lipinski definition) is 7. The maximum Gasteiger partial charge on any atom is 0.251 e. The minimum Gasteiger partial charge on any atom is -0.454 e. The first-order valence-electron chi connectivity index (χ1n) is 9.34. The van der Waals surface area contributed by atoms with E-state index < -0.39 is 0 Å². The fraction of sp³-hybridized carbons (Fsp3) is 0.200. The molecule has 3 aromatic rings. The molecule has 12 heteroatoms. The van der Waals surface area contributed by atoms with Gasteiger partial charge >= 0.3 is 0 Å². The average Bonchev–Trinajstić information content (AvgIpc) is 3.39. The van der Waals surface area contributed by atoms with Crippen LogP contribution in [0.5, 0.6) is 11.5 Å². The summed E-state index contributed by atoms with van der Waals surface area (Å²) in [6, 6.07) is 9.84. The second-order valence-corrected chi connectivity index (χ2v) is 8.43. The van der Waals surface area contributed by atoms with E-state index >= 15 is 0 Å². The highest BCUT2D eigenvalue weighted by molar-refractivity contribution is 7.99. The van der Waals surface area contributed by atoms with E-state index in [0.29, 0.717) is 43.8 Å². The monoisotopic (exact) mass is 493 g/mol. The molecule has 0 aliphatic carbocycles. The fourth-order valence-electron chi connectivity index (χ4n) is 2.82. The number of aromatic nitrogens is 3. The SMILES string of the molecule is Cn1c(CNC(=O)c2ccc3c(c2)OCO3)nnc1SCC(=O)Nc1ccc(Cl)c(Cl)c1. The highest BCUT2D eigenvalue weighted by atomic mass is 35.5. The molecular weight excluding hydrogens is 477 g/mol. The van der Waals surface area contributed by atoms with Crippen molar-refractivity contribution in [2.45, 2.75) is 11.7 Å². The first-order chi connectivity index (χ1) is 15.4. The van der Waals surface area contributed by atoms with Crippen molar-refractivity contribution in [1.29, 1.82) is 0 Å². The second-order valence-electron chi connectivity index (χ2n) is 6.67. The molecule has 1 aliphatic heterocycles. The van der Waals surface area contributed by atoms with E-state index in [9.17, 15) is 9.59 Å². The molecule has 2 amide bonds. The zero-order valence-electron chi connectivity index (χ0n) is 16.7. The standard InChI is InChI=1S/C20H17Cl2N5O4S/c1-27-17(8-23-19(29)11-2-5-15-16(6-11)31-10-30-15)25-26-20(27)32-9-18(28)24-12-3-4-13(21)14(22)7-12/h2-7H,8-10H2,1H3,(H,23,29)(H,24,28). The van der Waals surface area contributed by atoms with E-state index in [-0.39, 0.29) is 30.9 Å². The third-order valence-corrected chi connectivity index (χ3v) is 6.26. The van der Waals surface area contributed by atoms with Gasteiger partial charge in [-0.1, -0.05) is 35.0 Å². The lowest BCUT2D eigenvalue weighted by molar-refractivity contribution is -0.113. The van der Waals surface area contributed by atoms with Gasteiger partial charge < -0.3 is 24.7 Å². The van der Waals surface area contributed by atoms with Gasteiger partial charge in [0.05, 0.1) is 22.3 Å².